The number of nitrogens with zero attached hydrogens (tertiary/aromatic N) is 4. The smallest absolute Gasteiger partial charge is 0.137 e. The molecule has 0 aliphatic carbocycles. The maximum atomic E-state index is 7.09. The molecule has 65 heavy (non-hydrogen) atoms. The van der Waals surface area contributed by atoms with E-state index >= 15 is 0 Å². The minimum absolute atomic E-state index is 0.0300. The van der Waals surface area contributed by atoms with Crippen LogP contribution in [-0.2, 0) is 16.2 Å². The number of hydrogen-bond acceptors (Lipinski definition) is 4. The second-order valence-corrected chi connectivity index (χ2v) is 19.5. The van der Waals surface area contributed by atoms with Crippen LogP contribution in [0.2, 0.25) is 0 Å². The van der Waals surface area contributed by atoms with Crippen LogP contribution >= 0.6 is 0 Å². The third-order valence-electron chi connectivity index (χ3n) is 13.5. The van der Waals surface area contributed by atoms with Crippen LogP contribution < -0.4 is 14.5 Å². The Morgan fingerprint density at radius 3 is 1.78 bits per heavy atom. The lowest BCUT2D eigenvalue weighted by atomic mass is 9.78. The maximum Gasteiger partial charge on any atom is 0.137 e. The van der Waals surface area contributed by atoms with Gasteiger partial charge in [-0.1, -0.05) is 170 Å². The Hall–Kier alpha value is -7.37. The zero-order chi connectivity index (χ0) is 44.9. The Balaban J connectivity index is 1.09. The maximum absolute atomic E-state index is 7.09. The first kappa shape index (κ1) is 41.6. The van der Waals surface area contributed by atoms with Gasteiger partial charge in [0.2, 0.25) is 0 Å². The second-order valence-electron chi connectivity index (χ2n) is 19.5. The molecule has 3 heterocycles. The van der Waals surface area contributed by atoms with E-state index in [0.717, 1.165) is 61.9 Å². The first-order valence-electron chi connectivity index (χ1n) is 22.7. The fourth-order valence-electron chi connectivity index (χ4n) is 9.38. The molecule has 0 spiro atoms. The molecule has 1 aliphatic rings. The first-order chi connectivity index (χ1) is 31.3. The summed E-state index contributed by atoms with van der Waals surface area (Å²) < 4.78 is 9.38. The number of pyridine rings is 1. The lowest BCUT2D eigenvalue weighted by Gasteiger charge is -2.30. The van der Waals surface area contributed by atoms with Crippen molar-refractivity contribution >= 4 is 38.9 Å². The summed E-state index contributed by atoms with van der Waals surface area (Å²) in [4.78, 5) is 9.80. The van der Waals surface area contributed by atoms with Crippen LogP contribution in [0.1, 0.15) is 81.8 Å². The Morgan fingerprint density at radius 2 is 1.08 bits per heavy atom. The number of anilines is 2. The van der Waals surface area contributed by atoms with Crippen molar-refractivity contribution in [3.05, 3.63) is 234 Å². The molecule has 0 unspecified atom stereocenters. The number of rotatable bonds is 10. The average Bonchev–Trinajstić information content (AvgIpc) is 3.92. The second kappa shape index (κ2) is 16.3. The van der Waals surface area contributed by atoms with Gasteiger partial charge in [0.05, 0.1) is 23.4 Å². The quantitative estimate of drug-likeness (QED) is 0.137. The highest BCUT2D eigenvalue weighted by molar-refractivity contribution is 6.09. The number of aromatic nitrogens is 2. The van der Waals surface area contributed by atoms with Gasteiger partial charge in [-0.05, 0) is 93.4 Å². The van der Waals surface area contributed by atoms with Crippen LogP contribution in [0.3, 0.4) is 0 Å². The van der Waals surface area contributed by atoms with Gasteiger partial charge in [0, 0.05) is 57.5 Å². The molecule has 0 N–H and O–H groups in total. The van der Waals surface area contributed by atoms with E-state index in [-0.39, 0.29) is 16.2 Å². The summed E-state index contributed by atoms with van der Waals surface area (Å²) in [6.07, 6.45) is 4.24. The third-order valence-corrected chi connectivity index (χ3v) is 13.5. The number of hydrogen-bond donors (Lipinski definition) is 0. The SMILES string of the molecule is CC(C)(C)c1cccc(N2C=C(c3ccccc3)N(c3cc(Oc4ccc5c6ccccc6n(-c6cc(C(C)(C)c7ccccc7)ccn6)c5c4)cc(C(C)(C)c4ccccc4)c3)C2)c1. The van der Waals surface area contributed by atoms with Gasteiger partial charge in [-0.2, -0.15) is 0 Å². The summed E-state index contributed by atoms with van der Waals surface area (Å²) >= 11 is 0. The van der Waals surface area contributed by atoms with E-state index in [9.17, 15) is 0 Å². The number of ether oxygens (including phenoxy) is 1. The van der Waals surface area contributed by atoms with Gasteiger partial charge in [-0.3, -0.25) is 4.57 Å². The number of fused-ring (bicyclic) bond motifs is 3. The standard InChI is InChI=1S/C60H56N4O/c1-58(2,3)45-26-19-27-48(34-45)62-40-56(42-20-11-8-12-21-42)63(41-62)49-35-47(60(6,7)44-24-15-10-16-25-44)36-51(38-49)65-50-30-31-53-52-28-17-18-29-54(52)64(55(53)39-50)57-37-46(32-33-61-57)59(4,5)43-22-13-9-14-23-43/h8-40H,41H2,1-7H3. The van der Waals surface area contributed by atoms with E-state index in [1.165, 1.54) is 27.6 Å². The molecule has 5 heteroatoms. The number of benzene rings is 7. The van der Waals surface area contributed by atoms with Crippen LogP contribution in [0, 0.1) is 0 Å². The van der Waals surface area contributed by atoms with Gasteiger partial charge >= 0.3 is 0 Å². The van der Waals surface area contributed by atoms with E-state index < -0.39 is 0 Å². The highest BCUT2D eigenvalue weighted by Gasteiger charge is 2.30. The highest BCUT2D eigenvalue weighted by Crippen LogP contribution is 2.43. The van der Waals surface area contributed by atoms with Crippen molar-refractivity contribution in [2.45, 2.75) is 64.7 Å². The zero-order valence-corrected chi connectivity index (χ0v) is 38.5. The molecule has 0 saturated heterocycles. The highest BCUT2D eigenvalue weighted by atomic mass is 16.5. The molecule has 7 aromatic carbocycles. The molecule has 0 fully saturated rings. The van der Waals surface area contributed by atoms with Crippen molar-refractivity contribution in [3.8, 4) is 17.3 Å². The normalized spacial score (nSPS) is 13.4. The lowest BCUT2D eigenvalue weighted by molar-refractivity contribution is 0.480. The van der Waals surface area contributed by atoms with Gasteiger partial charge < -0.3 is 14.5 Å². The molecule has 0 amide bonds. The van der Waals surface area contributed by atoms with Crippen LogP contribution in [0.15, 0.2) is 200 Å². The summed E-state index contributed by atoms with van der Waals surface area (Å²) in [6, 6.07) is 67.4. The topological polar surface area (TPSA) is 33.5 Å². The molecule has 0 atom stereocenters. The molecule has 0 bridgehead atoms. The Kier molecular flexibility index (Phi) is 10.5. The Labute approximate surface area is 383 Å². The molecule has 322 valence electrons. The summed E-state index contributed by atoms with van der Waals surface area (Å²) in [5, 5.41) is 2.32. The number of para-hydroxylation sites is 1. The van der Waals surface area contributed by atoms with Crippen molar-refractivity contribution < 1.29 is 4.74 Å². The predicted molar refractivity (Wildman–Crippen MR) is 272 cm³/mol. The summed E-state index contributed by atoms with van der Waals surface area (Å²) in [5.41, 5.74) is 12.3. The molecule has 0 radical (unpaired) electrons. The molecule has 1 aliphatic heterocycles. The minimum Gasteiger partial charge on any atom is -0.457 e. The van der Waals surface area contributed by atoms with Crippen molar-refractivity contribution in [1.82, 2.24) is 9.55 Å². The molecule has 5 nitrogen and oxygen atoms in total. The third kappa shape index (κ3) is 7.86. The van der Waals surface area contributed by atoms with Crippen LogP contribution in [0.25, 0.3) is 33.3 Å². The van der Waals surface area contributed by atoms with Gasteiger partial charge in [0.15, 0.2) is 0 Å². The van der Waals surface area contributed by atoms with Crippen molar-refractivity contribution in [2.24, 2.45) is 0 Å². The monoisotopic (exact) mass is 848 g/mol. The van der Waals surface area contributed by atoms with Crippen LogP contribution in [0.5, 0.6) is 11.5 Å². The molecule has 9 aromatic rings. The van der Waals surface area contributed by atoms with E-state index in [1.807, 2.05) is 6.20 Å². The van der Waals surface area contributed by atoms with Gasteiger partial charge in [-0.15, -0.1) is 0 Å². The van der Waals surface area contributed by atoms with E-state index in [1.54, 1.807) is 0 Å². The molecular weight excluding hydrogens is 793 g/mol. The predicted octanol–water partition coefficient (Wildman–Crippen LogP) is 15.2. The zero-order valence-electron chi connectivity index (χ0n) is 38.5. The molecule has 2 aromatic heterocycles. The molecular formula is C60H56N4O. The van der Waals surface area contributed by atoms with Gasteiger partial charge in [0.25, 0.3) is 0 Å². The Bertz CT molecular complexity index is 3190. The molecule has 10 rings (SSSR count). The van der Waals surface area contributed by atoms with E-state index in [4.69, 9.17) is 9.72 Å². The minimum atomic E-state index is -0.326. The van der Waals surface area contributed by atoms with E-state index in [2.05, 4.69) is 257 Å². The lowest BCUT2D eigenvalue weighted by Crippen LogP contribution is -2.27. The van der Waals surface area contributed by atoms with Gasteiger partial charge in [0.1, 0.15) is 17.3 Å². The summed E-state index contributed by atoms with van der Waals surface area (Å²) in [6.45, 7) is 16.6. The Morgan fingerprint density at radius 1 is 0.462 bits per heavy atom. The van der Waals surface area contributed by atoms with Crippen molar-refractivity contribution in [1.29, 1.82) is 0 Å². The summed E-state index contributed by atoms with van der Waals surface area (Å²) in [5.74, 6) is 2.40. The summed E-state index contributed by atoms with van der Waals surface area (Å²) in [7, 11) is 0. The van der Waals surface area contributed by atoms with Crippen LogP contribution in [-0.4, -0.2) is 16.2 Å². The largest absolute Gasteiger partial charge is 0.457 e. The first-order valence-corrected chi connectivity index (χ1v) is 22.7. The fraction of sp³-hybridized carbons (Fsp3) is 0.183. The van der Waals surface area contributed by atoms with Gasteiger partial charge in [-0.25, -0.2) is 4.98 Å². The van der Waals surface area contributed by atoms with Crippen molar-refractivity contribution in [3.63, 3.8) is 0 Å². The van der Waals surface area contributed by atoms with Crippen molar-refractivity contribution in [2.75, 3.05) is 16.5 Å². The van der Waals surface area contributed by atoms with Crippen LogP contribution in [0.4, 0.5) is 11.4 Å². The fourth-order valence-corrected chi connectivity index (χ4v) is 9.38. The van der Waals surface area contributed by atoms with E-state index in [0.29, 0.717) is 6.67 Å². The average molecular weight is 849 g/mol. The molecule has 0 saturated carbocycles.